The zero-order chi connectivity index (χ0) is 19.0. The molecule has 1 aliphatic heterocycles. The molecule has 8 heteroatoms. The van der Waals surface area contributed by atoms with E-state index >= 15 is 0 Å². The van der Waals surface area contributed by atoms with Crippen LogP contribution in [0.2, 0.25) is 0 Å². The maximum Gasteiger partial charge on any atom is 0.338 e. The Labute approximate surface area is 154 Å². The zero-order valence-electron chi connectivity index (χ0n) is 14.8. The van der Waals surface area contributed by atoms with Crippen molar-refractivity contribution in [2.24, 2.45) is 0 Å². The third kappa shape index (κ3) is 2.96. The second-order valence-corrected chi connectivity index (χ2v) is 6.83. The third-order valence-electron chi connectivity index (χ3n) is 4.35. The summed E-state index contributed by atoms with van der Waals surface area (Å²) < 4.78 is 18.9. The number of hydrogen-bond acceptors (Lipinski definition) is 5. The van der Waals surface area contributed by atoms with Crippen LogP contribution >= 0.6 is 11.3 Å². The van der Waals surface area contributed by atoms with Crippen molar-refractivity contribution in [2.45, 2.75) is 26.8 Å². The first-order chi connectivity index (χ1) is 12.3. The first-order valence-corrected chi connectivity index (χ1v) is 8.79. The van der Waals surface area contributed by atoms with E-state index in [0.29, 0.717) is 22.5 Å². The Morgan fingerprint density at radius 3 is 2.65 bits per heavy atom. The number of halogens is 1. The summed E-state index contributed by atoms with van der Waals surface area (Å²) in [5, 5.41) is 2.81. The van der Waals surface area contributed by atoms with Crippen LogP contribution in [0.25, 0.3) is 0 Å². The lowest BCUT2D eigenvalue weighted by Gasteiger charge is -2.34. The summed E-state index contributed by atoms with van der Waals surface area (Å²) in [4.78, 5) is 31.4. The van der Waals surface area contributed by atoms with Gasteiger partial charge in [0.15, 0.2) is 0 Å². The predicted molar refractivity (Wildman–Crippen MR) is 96.5 cm³/mol. The van der Waals surface area contributed by atoms with Gasteiger partial charge < -0.3 is 10.1 Å². The molecule has 0 saturated heterocycles. The van der Waals surface area contributed by atoms with Crippen LogP contribution in [0.4, 0.5) is 14.9 Å². The van der Waals surface area contributed by atoms with Crippen LogP contribution in [-0.4, -0.2) is 24.1 Å². The number of nitrogens with one attached hydrogen (secondary N) is 1. The van der Waals surface area contributed by atoms with Gasteiger partial charge in [-0.25, -0.2) is 19.0 Å². The average molecular weight is 375 g/mol. The number of carbonyl (C=O) groups excluding carboxylic acids is 2. The van der Waals surface area contributed by atoms with E-state index in [9.17, 15) is 14.0 Å². The Balaban J connectivity index is 2.16. The lowest BCUT2D eigenvalue weighted by Crippen LogP contribution is -2.48. The molecule has 0 radical (unpaired) electrons. The minimum Gasteiger partial charge on any atom is -0.466 e. The highest BCUT2D eigenvalue weighted by molar-refractivity contribution is 7.09. The summed E-state index contributed by atoms with van der Waals surface area (Å²) in [6.07, 6.45) is 0. The van der Waals surface area contributed by atoms with Gasteiger partial charge in [-0.3, -0.25) is 4.90 Å². The second-order valence-electron chi connectivity index (χ2n) is 5.94. The number of aryl methyl sites for hydroxylation is 2. The molecule has 2 heterocycles. The van der Waals surface area contributed by atoms with E-state index in [1.165, 1.54) is 29.4 Å². The number of ether oxygens (including phenoxy) is 1. The summed E-state index contributed by atoms with van der Waals surface area (Å²) in [5.41, 5.74) is 3.87. The van der Waals surface area contributed by atoms with Crippen molar-refractivity contribution in [3.63, 3.8) is 0 Å². The topological polar surface area (TPSA) is 71.5 Å². The summed E-state index contributed by atoms with van der Waals surface area (Å²) in [5.74, 6) is -0.985. The number of urea groups is 1. The number of thiazole rings is 1. The Hall–Kier alpha value is -2.74. The van der Waals surface area contributed by atoms with Crippen LogP contribution < -0.4 is 10.2 Å². The highest BCUT2D eigenvalue weighted by atomic mass is 32.1. The first kappa shape index (κ1) is 18.1. The molecule has 136 valence electrons. The lowest BCUT2D eigenvalue weighted by molar-refractivity contribution is -0.136. The number of esters is 1. The summed E-state index contributed by atoms with van der Waals surface area (Å²) >= 11 is 1.35. The quantitative estimate of drug-likeness (QED) is 0.832. The molecule has 2 aromatic rings. The number of amides is 2. The second kappa shape index (κ2) is 6.87. The molecular formula is C18H18FN3O3S. The monoisotopic (exact) mass is 375 g/mol. The molecule has 2 amide bonds. The van der Waals surface area contributed by atoms with Gasteiger partial charge in [0.05, 0.1) is 34.5 Å². The molecule has 0 bridgehead atoms. The zero-order valence-corrected chi connectivity index (χ0v) is 15.6. The minimum atomic E-state index is -0.658. The smallest absolute Gasteiger partial charge is 0.338 e. The lowest BCUT2D eigenvalue weighted by atomic mass is 9.99. The Kier molecular flexibility index (Phi) is 4.78. The third-order valence-corrected chi connectivity index (χ3v) is 5.34. The predicted octanol–water partition coefficient (Wildman–Crippen LogP) is 3.62. The fraction of sp³-hybridized carbons (Fsp3) is 0.278. The van der Waals surface area contributed by atoms with Gasteiger partial charge in [-0.05, 0) is 38.5 Å². The Morgan fingerprint density at radius 1 is 1.35 bits per heavy atom. The van der Waals surface area contributed by atoms with Crippen molar-refractivity contribution in [1.82, 2.24) is 10.3 Å². The van der Waals surface area contributed by atoms with E-state index in [-0.39, 0.29) is 0 Å². The van der Waals surface area contributed by atoms with Gasteiger partial charge in [-0.15, -0.1) is 11.3 Å². The molecule has 1 N–H and O–H groups in total. The van der Waals surface area contributed by atoms with E-state index in [4.69, 9.17) is 4.74 Å². The fourth-order valence-electron chi connectivity index (χ4n) is 2.93. The molecule has 3 rings (SSSR count). The van der Waals surface area contributed by atoms with Crippen molar-refractivity contribution in [3.8, 4) is 0 Å². The summed E-state index contributed by atoms with van der Waals surface area (Å²) in [6.45, 7) is 5.09. The average Bonchev–Trinajstić information content (AvgIpc) is 3.02. The van der Waals surface area contributed by atoms with Crippen LogP contribution in [-0.2, 0) is 9.53 Å². The van der Waals surface area contributed by atoms with E-state index < -0.39 is 23.9 Å². The number of rotatable bonds is 3. The number of nitrogens with zero attached hydrogens (tertiary/aromatic N) is 2. The number of methoxy groups -OCH3 is 1. The highest BCUT2D eigenvalue weighted by Crippen LogP contribution is 2.36. The Morgan fingerprint density at radius 2 is 2.08 bits per heavy atom. The Bertz CT molecular complexity index is 922. The maximum atomic E-state index is 14.0. The van der Waals surface area contributed by atoms with E-state index in [1.54, 1.807) is 31.5 Å². The van der Waals surface area contributed by atoms with E-state index in [2.05, 4.69) is 10.3 Å². The van der Waals surface area contributed by atoms with Crippen LogP contribution in [0.3, 0.4) is 0 Å². The molecular weight excluding hydrogens is 357 g/mol. The van der Waals surface area contributed by atoms with Crippen molar-refractivity contribution in [2.75, 3.05) is 12.0 Å². The van der Waals surface area contributed by atoms with Gasteiger partial charge in [0.2, 0.25) is 0 Å². The van der Waals surface area contributed by atoms with Crippen molar-refractivity contribution in [1.29, 1.82) is 0 Å². The fourth-order valence-corrected chi connectivity index (χ4v) is 3.79. The highest BCUT2D eigenvalue weighted by Gasteiger charge is 2.38. The summed E-state index contributed by atoms with van der Waals surface area (Å²) in [7, 11) is 1.28. The molecule has 26 heavy (non-hydrogen) atoms. The summed E-state index contributed by atoms with van der Waals surface area (Å²) in [6, 6.07) is 3.38. The number of benzene rings is 1. The van der Waals surface area contributed by atoms with Crippen LogP contribution in [0.15, 0.2) is 35.0 Å². The van der Waals surface area contributed by atoms with Crippen molar-refractivity contribution >= 4 is 29.0 Å². The van der Waals surface area contributed by atoms with Gasteiger partial charge in [-0.2, -0.15) is 0 Å². The number of hydrogen-bond donors (Lipinski definition) is 1. The van der Waals surface area contributed by atoms with E-state index in [1.807, 2.05) is 6.92 Å². The van der Waals surface area contributed by atoms with Crippen LogP contribution in [0.1, 0.15) is 29.1 Å². The van der Waals surface area contributed by atoms with Crippen molar-refractivity contribution < 1.29 is 18.7 Å². The van der Waals surface area contributed by atoms with Gasteiger partial charge >= 0.3 is 12.0 Å². The van der Waals surface area contributed by atoms with Gasteiger partial charge in [0, 0.05) is 5.70 Å². The molecule has 0 aliphatic carbocycles. The minimum absolute atomic E-state index is 0.292. The molecule has 0 spiro atoms. The van der Waals surface area contributed by atoms with Gasteiger partial charge in [-0.1, -0.05) is 6.07 Å². The van der Waals surface area contributed by atoms with E-state index in [0.717, 1.165) is 10.6 Å². The number of allylic oxidation sites excluding steroid dienone is 1. The van der Waals surface area contributed by atoms with Crippen molar-refractivity contribution in [3.05, 3.63) is 56.9 Å². The van der Waals surface area contributed by atoms with Gasteiger partial charge in [0.25, 0.3) is 0 Å². The maximum absolute atomic E-state index is 14.0. The molecule has 1 aromatic heterocycles. The van der Waals surface area contributed by atoms with Crippen LogP contribution in [0.5, 0.6) is 0 Å². The molecule has 0 fully saturated rings. The molecule has 6 nitrogen and oxygen atoms in total. The number of anilines is 1. The first-order valence-electron chi connectivity index (χ1n) is 7.91. The van der Waals surface area contributed by atoms with Crippen LogP contribution in [0, 0.1) is 19.7 Å². The molecule has 1 aromatic carbocycles. The number of carbonyl (C=O) groups is 2. The normalized spacial score (nSPS) is 17.3. The number of aromatic nitrogens is 1. The SMILES string of the molecule is COC(=O)C1=C(C)N(c2ccc(C)c(F)c2)C(=O)N[C@H]1c1scnc1C. The molecule has 1 aliphatic rings. The molecule has 1 atom stereocenters. The molecule has 0 saturated carbocycles. The largest absolute Gasteiger partial charge is 0.466 e. The van der Waals surface area contributed by atoms with Gasteiger partial charge in [0.1, 0.15) is 11.9 Å². The standard InChI is InChI=1S/C18H18FN3O3S/c1-9-5-6-12(7-13(9)19)22-11(3)14(17(23)25-4)15(21-18(22)24)16-10(2)20-8-26-16/h5-8,15H,1-4H3,(H,21,24)/t15-/m1/s1. The molecule has 0 unspecified atom stereocenters.